The van der Waals surface area contributed by atoms with E-state index in [0.717, 1.165) is 11.1 Å². The average molecular weight is 402 g/mol. The normalized spacial score (nSPS) is 19.6. The van der Waals surface area contributed by atoms with Gasteiger partial charge < -0.3 is 26.0 Å². The maximum Gasteiger partial charge on any atom is 0.254 e. The van der Waals surface area contributed by atoms with E-state index in [1.807, 2.05) is 19.9 Å². The Morgan fingerprint density at radius 1 is 1.17 bits per heavy atom. The summed E-state index contributed by atoms with van der Waals surface area (Å²) in [5.74, 6) is -2.32. The van der Waals surface area contributed by atoms with Crippen molar-refractivity contribution in [2.24, 2.45) is 0 Å². The van der Waals surface area contributed by atoms with Gasteiger partial charge in [0, 0.05) is 22.2 Å². The molecule has 0 saturated carbocycles. The highest BCUT2D eigenvalue weighted by Gasteiger charge is 2.31. The Balaban J connectivity index is 1.87. The second-order valence-electron chi connectivity index (χ2n) is 6.81. The number of nitrogen functional groups attached to an aromatic ring is 1. The zero-order chi connectivity index (χ0) is 26.3. The highest BCUT2D eigenvalue weighted by molar-refractivity contribution is 6.11. The lowest BCUT2D eigenvalue weighted by Crippen LogP contribution is -2.44. The molecule has 0 radical (unpaired) electrons. The van der Waals surface area contributed by atoms with Crippen LogP contribution in [0.2, 0.25) is 0 Å². The van der Waals surface area contributed by atoms with Gasteiger partial charge in [0.25, 0.3) is 5.91 Å². The molecule has 0 spiro atoms. The minimum atomic E-state index is -3.27. The first-order valence-corrected chi connectivity index (χ1v) is 8.71. The number of nitrogens with one attached hydrogen (secondary N) is 2. The number of fused-ring (bicyclic) bond motifs is 1. The monoisotopic (exact) mass is 402 g/mol. The molecule has 0 fully saturated rings. The molecule has 152 valence electrons. The van der Waals surface area contributed by atoms with Crippen LogP contribution >= 0.6 is 0 Å². The SMILES string of the molecule is [2H]C([2H])([2H])N(C(=O)C[C@@H]1NC(=O)c2cc(Oc3cc(C)cc(C)c3)c(N)cc2NC1=O)C([2H])([2H])[2H]. The molecule has 1 heterocycles. The summed E-state index contributed by atoms with van der Waals surface area (Å²) in [6, 6.07) is 6.65. The van der Waals surface area contributed by atoms with Crippen LogP contribution in [0.1, 0.15) is 36.1 Å². The second kappa shape index (κ2) is 7.83. The van der Waals surface area contributed by atoms with Crippen LogP contribution in [0.4, 0.5) is 11.4 Å². The molecule has 0 bridgehead atoms. The van der Waals surface area contributed by atoms with E-state index in [1.54, 1.807) is 12.1 Å². The van der Waals surface area contributed by atoms with Gasteiger partial charge in [0.1, 0.15) is 11.8 Å². The lowest BCUT2D eigenvalue weighted by Gasteiger charge is -2.16. The molecule has 1 aliphatic heterocycles. The molecular formula is C21H24N4O4. The molecule has 2 aromatic rings. The van der Waals surface area contributed by atoms with Gasteiger partial charge >= 0.3 is 0 Å². The summed E-state index contributed by atoms with van der Waals surface area (Å²) in [5.41, 5.74) is 8.14. The van der Waals surface area contributed by atoms with E-state index in [2.05, 4.69) is 10.6 Å². The maximum atomic E-state index is 12.9. The molecule has 0 unspecified atom stereocenters. The molecule has 0 saturated heterocycles. The maximum absolute atomic E-state index is 12.9. The van der Waals surface area contributed by atoms with Crippen LogP contribution < -0.4 is 21.1 Å². The van der Waals surface area contributed by atoms with Crippen molar-refractivity contribution in [2.75, 3.05) is 25.0 Å². The zero-order valence-electron chi connectivity index (χ0n) is 21.8. The summed E-state index contributed by atoms with van der Waals surface area (Å²) in [6.45, 7) is -2.76. The summed E-state index contributed by atoms with van der Waals surface area (Å²) < 4.78 is 50.0. The third kappa shape index (κ3) is 4.48. The first-order valence-electron chi connectivity index (χ1n) is 11.7. The van der Waals surface area contributed by atoms with E-state index in [1.165, 1.54) is 12.1 Å². The van der Waals surface area contributed by atoms with Crippen molar-refractivity contribution in [1.29, 1.82) is 0 Å². The summed E-state index contributed by atoms with van der Waals surface area (Å²) in [6.07, 6.45) is -0.885. The number of hydrogen-bond acceptors (Lipinski definition) is 5. The predicted molar refractivity (Wildman–Crippen MR) is 110 cm³/mol. The molecule has 0 aliphatic carbocycles. The molecule has 8 nitrogen and oxygen atoms in total. The topological polar surface area (TPSA) is 114 Å². The number of nitrogens with zero attached hydrogens (tertiary/aromatic N) is 1. The van der Waals surface area contributed by atoms with Crippen LogP contribution in [-0.4, -0.2) is 42.6 Å². The average Bonchev–Trinajstić information content (AvgIpc) is 2.75. The van der Waals surface area contributed by atoms with Crippen molar-refractivity contribution in [3.63, 3.8) is 0 Å². The van der Waals surface area contributed by atoms with Gasteiger partial charge in [-0.15, -0.1) is 0 Å². The number of amides is 3. The molecule has 3 rings (SSSR count). The number of rotatable bonds is 4. The van der Waals surface area contributed by atoms with Crippen molar-refractivity contribution >= 4 is 29.1 Å². The molecule has 8 heteroatoms. The fourth-order valence-corrected chi connectivity index (χ4v) is 3.03. The van der Waals surface area contributed by atoms with Crippen LogP contribution in [-0.2, 0) is 9.59 Å². The highest BCUT2D eigenvalue weighted by Crippen LogP contribution is 2.34. The van der Waals surface area contributed by atoms with E-state index in [9.17, 15) is 14.4 Å². The lowest BCUT2D eigenvalue weighted by molar-refractivity contribution is -0.131. The lowest BCUT2D eigenvalue weighted by atomic mass is 10.1. The van der Waals surface area contributed by atoms with Crippen molar-refractivity contribution in [3.8, 4) is 11.5 Å². The van der Waals surface area contributed by atoms with Gasteiger partial charge in [-0.25, -0.2) is 0 Å². The van der Waals surface area contributed by atoms with Crippen LogP contribution in [0.15, 0.2) is 30.3 Å². The number of ether oxygens (including phenoxy) is 1. The fourth-order valence-electron chi connectivity index (χ4n) is 3.03. The van der Waals surface area contributed by atoms with E-state index >= 15 is 0 Å². The Labute approximate surface area is 177 Å². The number of anilines is 2. The highest BCUT2D eigenvalue weighted by atomic mass is 16.5. The Kier molecular flexibility index (Phi) is 3.67. The first-order chi connectivity index (χ1) is 16.1. The van der Waals surface area contributed by atoms with Gasteiger partial charge in [0.15, 0.2) is 5.75 Å². The number of hydrogen-bond donors (Lipinski definition) is 3. The van der Waals surface area contributed by atoms with Crippen LogP contribution in [0.5, 0.6) is 11.5 Å². The van der Waals surface area contributed by atoms with Crippen molar-refractivity contribution < 1.29 is 27.3 Å². The summed E-state index contributed by atoms with van der Waals surface area (Å²) in [5, 5.41) is 4.81. The molecule has 4 N–H and O–H groups in total. The van der Waals surface area contributed by atoms with Gasteiger partial charge in [-0.3, -0.25) is 14.4 Å². The van der Waals surface area contributed by atoms with E-state index in [-0.39, 0.29) is 27.6 Å². The summed E-state index contributed by atoms with van der Waals surface area (Å²) in [4.78, 5) is 37.9. The number of nitrogens with two attached hydrogens (primary N) is 1. The second-order valence-corrected chi connectivity index (χ2v) is 6.81. The molecular weight excluding hydrogens is 372 g/mol. The molecule has 2 aromatic carbocycles. The smallest absolute Gasteiger partial charge is 0.254 e. The minimum absolute atomic E-state index is 0.00891. The molecule has 1 atom stereocenters. The standard InChI is InChI=1S/C21H24N4O4/c1-11-5-12(2)7-13(6-11)29-18-8-14-16(9-15(18)22)23-21(28)17(24-20(14)27)10-19(26)25(3)4/h5-9,17H,10,22H2,1-4H3,(H,23,28)(H,24,27)/t17-/m0/s1/i3D3,4D3. The summed E-state index contributed by atoms with van der Waals surface area (Å²) in [7, 11) is 0. The van der Waals surface area contributed by atoms with E-state index in [4.69, 9.17) is 18.7 Å². The summed E-state index contributed by atoms with van der Waals surface area (Å²) >= 11 is 0. The molecule has 29 heavy (non-hydrogen) atoms. The molecule has 3 amide bonds. The van der Waals surface area contributed by atoms with Crippen LogP contribution in [0, 0.1) is 13.8 Å². The van der Waals surface area contributed by atoms with Crippen molar-refractivity contribution in [2.45, 2.75) is 26.3 Å². The number of benzene rings is 2. The largest absolute Gasteiger partial charge is 0.455 e. The first kappa shape index (κ1) is 13.6. The van der Waals surface area contributed by atoms with Crippen molar-refractivity contribution in [1.82, 2.24) is 10.2 Å². The quantitative estimate of drug-likeness (QED) is 0.679. The van der Waals surface area contributed by atoms with E-state index < -0.39 is 44.1 Å². The number of carbonyl (C=O) groups excluding carboxylic acids is 3. The predicted octanol–water partition coefficient (Wildman–Crippen LogP) is 2.21. The van der Waals surface area contributed by atoms with Gasteiger partial charge in [0.2, 0.25) is 11.8 Å². The van der Waals surface area contributed by atoms with E-state index in [0.29, 0.717) is 5.75 Å². The van der Waals surface area contributed by atoms with Crippen molar-refractivity contribution in [3.05, 3.63) is 47.0 Å². The van der Waals surface area contributed by atoms with Crippen LogP contribution in [0.3, 0.4) is 0 Å². The third-order valence-electron chi connectivity index (χ3n) is 4.33. The Hall–Kier alpha value is -3.55. The molecule has 0 aromatic heterocycles. The number of aryl methyl sites for hydroxylation is 2. The Morgan fingerprint density at radius 3 is 2.52 bits per heavy atom. The Morgan fingerprint density at radius 2 is 1.86 bits per heavy atom. The molecule has 1 aliphatic rings. The van der Waals surface area contributed by atoms with Crippen LogP contribution in [0.25, 0.3) is 0 Å². The van der Waals surface area contributed by atoms with Gasteiger partial charge in [-0.2, -0.15) is 0 Å². The number of carbonyl (C=O) groups is 3. The van der Waals surface area contributed by atoms with Gasteiger partial charge in [0.05, 0.1) is 23.4 Å². The third-order valence-corrected chi connectivity index (χ3v) is 4.33. The fraction of sp³-hybridized carbons (Fsp3) is 0.286. The minimum Gasteiger partial charge on any atom is -0.455 e. The Bertz CT molecular complexity index is 1160. The van der Waals surface area contributed by atoms with Gasteiger partial charge in [-0.1, -0.05) is 6.07 Å². The zero-order valence-corrected chi connectivity index (χ0v) is 15.8. The van der Waals surface area contributed by atoms with Gasteiger partial charge in [-0.05, 0) is 49.2 Å².